The van der Waals surface area contributed by atoms with E-state index in [9.17, 15) is 9.59 Å². The van der Waals surface area contributed by atoms with Crippen LogP contribution < -0.4 is 10.2 Å². The molecule has 5 rings (SSSR count). The van der Waals surface area contributed by atoms with E-state index < -0.39 is 5.91 Å². The summed E-state index contributed by atoms with van der Waals surface area (Å²) in [6.45, 7) is 5.82. The van der Waals surface area contributed by atoms with Crippen molar-refractivity contribution < 1.29 is 9.59 Å². The lowest BCUT2D eigenvalue weighted by Crippen LogP contribution is -2.33. The summed E-state index contributed by atoms with van der Waals surface area (Å²) in [6.07, 6.45) is 0. The number of hydrogen-bond donors (Lipinski definition) is 1. The van der Waals surface area contributed by atoms with E-state index in [2.05, 4.69) is 5.32 Å². The molecule has 1 N–H and O–H groups in total. The van der Waals surface area contributed by atoms with Gasteiger partial charge in [0.05, 0.1) is 11.3 Å². The zero-order chi connectivity index (χ0) is 24.0. The van der Waals surface area contributed by atoms with Crippen LogP contribution in [0.25, 0.3) is 16.3 Å². The molecule has 0 aliphatic carbocycles. The van der Waals surface area contributed by atoms with Crippen LogP contribution in [0.3, 0.4) is 0 Å². The standard InChI is InChI=1S/C29H23ClN2O2/c1-17-11-14-22(19(3)15-17)26-27(31-24-10-6-8-20-7-4-5-9-23(20)24)29(34)32(28(26)33)25-16-21(30)13-12-18(25)2/h4-16,31H,1-3H3. The fraction of sp³-hybridized carbons (Fsp3) is 0.103. The Morgan fingerprint density at radius 3 is 2.32 bits per heavy atom. The lowest BCUT2D eigenvalue weighted by Gasteiger charge is -2.18. The zero-order valence-electron chi connectivity index (χ0n) is 19.1. The molecule has 0 fully saturated rings. The van der Waals surface area contributed by atoms with Crippen LogP contribution in [0.5, 0.6) is 0 Å². The van der Waals surface area contributed by atoms with Gasteiger partial charge in [-0.3, -0.25) is 9.59 Å². The molecule has 0 bridgehead atoms. The van der Waals surface area contributed by atoms with Crippen LogP contribution in [0.2, 0.25) is 5.02 Å². The second kappa shape index (κ2) is 8.47. The van der Waals surface area contributed by atoms with E-state index in [-0.39, 0.29) is 11.6 Å². The van der Waals surface area contributed by atoms with E-state index in [1.807, 2.05) is 87.5 Å². The molecule has 0 unspecified atom stereocenters. The van der Waals surface area contributed by atoms with Crippen molar-refractivity contribution >= 4 is 51.1 Å². The van der Waals surface area contributed by atoms with Crippen molar-refractivity contribution in [1.29, 1.82) is 0 Å². The van der Waals surface area contributed by atoms with Gasteiger partial charge in [-0.1, -0.05) is 77.8 Å². The van der Waals surface area contributed by atoms with Crippen LogP contribution in [0.1, 0.15) is 22.3 Å². The molecule has 0 radical (unpaired) electrons. The number of amides is 2. The van der Waals surface area contributed by atoms with Crippen molar-refractivity contribution in [2.45, 2.75) is 20.8 Å². The number of hydrogen-bond acceptors (Lipinski definition) is 3. The Bertz CT molecular complexity index is 1510. The van der Waals surface area contributed by atoms with E-state index in [1.54, 1.807) is 12.1 Å². The molecule has 34 heavy (non-hydrogen) atoms. The lowest BCUT2D eigenvalue weighted by molar-refractivity contribution is -0.120. The topological polar surface area (TPSA) is 49.4 Å². The molecule has 4 aromatic rings. The van der Waals surface area contributed by atoms with Gasteiger partial charge in [0.2, 0.25) is 0 Å². The fourth-order valence-corrected chi connectivity index (χ4v) is 4.67. The first-order valence-electron chi connectivity index (χ1n) is 11.1. The number of carbonyl (C=O) groups excluding carboxylic acids is 2. The Morgan fingerprint density at radius 1 is 0.765 bits per heavy atom. The average molecular weight is 467 g/mol. The highest BCUT2D eigenvalue weighted by Gasteiger charge is 2.41. The van der Waals surface area contributed by atoms with Crippen LogP contribution >= 0.6 is 11.6 Å². The van der Waals surface area contributed by atoms with Gasteiger partial charge in [0.1, 0.15) is 5.70 Å². The van der Waals surface area contributed by atoms with Crippen molar-refractivity contribution in [1.82, 2.24) is 0 Å². The molecule has 0 spiro atoms. The molecule has 4 nitrogen and oxygen atoms in total. The van der Waals surface area contributed by atoms with Gasteiger partial charge < -0.3 is 5.32 Å². The Labute approximate surface area is 203 Å². The molecule has 0 saturated carbocycles. The largest absolute Gasteiger partial charge is 0.350 e. The molecular formula is C29H23ClN2O2. The number of anilines is 2. The smallest absolute Gasteiger partial charge is 0.282 e. The van der Waals surface area contributed by atoms with Gasteiger partial charge in [0, 0.05) is 16.1 Å². The predicted octanol–water partition coefficient (Wildman–Crippen LogP) is 6.82. The minimum Gasteiger partial charge on any atom is -0.350 e. The molecule has 0 atom stereocenters. The monoisotopic (exact) mass is 466 g/mol. The molecule has 1 heterocycles. The van der Waals surface area contributed by atoms with Crippen LogP contribution in [0.4, 0.5) is 11.4 Å². The van der Waals surface area contributed by atoms with Crippen molar-refractivity contribution in [2.75, 3.05) is 10.2 Å². The first-order valence-corrected chi connectivity index (χ1v) is 11.4. The maximum atomic E-state index is 13.8. The first-order chi connectivity index (χ1) is 16.3. The normalized spacial score (nSPS) is 13.8. The zero-order valence-corrected chi connectivity index (χ0v) is 19.9. The third-order valence-electron chi connectivity index (χ3n) is 6.20. The molecule has 1 aliphatic rings. The number of nitrogens with one attached hydrogen (secondary N) is 1. The maximum absolute atomic E-state index is 13.8. The summed E-state index contributed by atoms with van der Waals surface area (Å²) < 4.78 is 0. The molecule has 168 valence electrons. The second-order valence-electron chi connectivity index (χ2n) is 8.60. The number of benzene rings is 4. The van der Waals surface area contributed by atoms with Gasteiger partial charge in [-0.2, -0.15) is 0 Å². The van der Waals surface area contributed by atoms with E-state index in [4.69, 9.17) is 11.6 Å². The third-order valence-corrected chi connectivity index (χ3v) is 6.43. The Kier molecular flexibility index (Phi) is 5.46. The Morgan fingerprint density at radius 2 is 1.53 bits per heavy atom. The van der Waals surface area contributed by atoms with E-state index in [1.165, 1.54) is 4.90 Å². The number of carbonyl (C=O) groups is 2. The summed E-state index contributed by atoms with van der Waals surface area (Å²) >= 11 is 6.24. The molecule has 2 amide bonds. The highest BCUT2D eigenvalue weighted by Crippen LogP contribution is 2.38. The number of fused-ring (bicyclic) bond motifs is 1. The molecule has 4 aromatic carbocycles. The molecule has 0 aromatic heterocycles. The minimum atomic E-state index is -0.404. The van der Waals surface area contributed by atoms with Crippen LogP contribution in [-0.2, 0) is 9.59 Å². The van der Waals surface area contributed by atoms with E-state index in [0.29, 0.717) is 16.3 Å². The van der Waals surface area contributed by atoms with Gasteiger partial charge in [-0.05, 0) is 61.0 Å². The average Bonchev–Trinajstić information content (AvgIpc) is 3.05. The van der Waals surface area contributed by atoms with Crippen molar-refractivity contribution in [3.8, 4) is 0 Å². The number of rotatable bonds is 4. The lowest BCUT2D eigenvalue weighted by atomic mass is 9.97. The number of aryl methyl sites for hydroxylation is 3. The Hall–Kier alpha value is -3.89. The number of imide groups is 1. The van der Waals surface area contributed by atoms with E-state index >= 15 is 0 Å². The number of nitrogens with zero attached hydrogens (tertiary/aromatic N) is 1. The molecule has 1 aliphatic heterocycles. The fourth-order valence-electron chi connectivity index (χ4n) is 4.50. The number of halogens is 1. The summed E-state index contributed by atoms with van der Waals surface area (Å²) in [5.41, 5.74) is 5.40. The third kappa shape index (κ3) is 3.66. The van der Waals surface area contributed by atoms with Crippen molar-refractivity contribution in [3.63, 3.8) is 0 Å². The van der Waals surface area contributed by atoms with Crippen LogP contribution in [-0.4, -0.2) is 11.8 Å². The Balaban J connectivity index is 1.71. The summed E-state index contributed by atoms with van der Waals surface area (Å²) in [5, 5.41) is 5.80. The maximum Gasteiger partial charge on any atom is 0.282 e. The van der Waals surface area contributed by atoms with Gasteiger partial charge in [0.25, 0.3) is 11.8 Å². The molecule has 0 saturated heterocycles. The highest BCUT2D eigenvalue weighted by molar-refractivity contribution is 6.46. The van der Waals surface area contributed by atoms with Gasteiger partial charge in [-0.25, -0.2) is 4.90 Å². The predicted molar refractivity (Wildman–Crippen MR) is 139 cm³/mol. The summed E-state index contributed by atoms with van der Waals surface area (Å²) in [4.78, 5) is 28.9. The summed E-state index contributed by atoms with van der Waals surface area (Å²) in [6, 6.07) is 24.9. The van der Waals surface area contributed by atoms with Crippen molar-refractivity contribution in [2.24, 2.45) is 0 Å². The summed E-state index contributed by atoms with van der Waals surface area (Å²) in [7, 11) is 0. The highest BCUT2D eigenvalue weighted by atomic mass is 35.5. The first kappa shape index (κ1) is 21.9. The van der Waals surface area contributed by atoms with E-state index in [0.717, 1.165) is 38.7 Å². The molecule has 5 heteroatoms. The summed E-state index contributed by atoms with van der Waals surface area (Å²) in [5.74, 6) is -0.775. The quantitative estimate of drug-likeness (QED) is 0.336. The molecular weight excluding hydrogens is 444 g/mol. The SMILES string of the molecule is Cc1ccc(C2=C(Nc3cccc4ccccc34)C(=O)N(c3cc(Cl)ccc3C)C2=O)c(C)c1. The minimum absolute atomic E-state index is 0.257. The van der Waals surface area contributed by atoms with Crippen LogP contribution in [0.15, 0.2) is 84.6 Å². The van der Waals surface area contributed by atoms with Crippen LogP contribution in [0, 0.1) is 20.8 Å². The van der Waals surface area contributed by atoms with Gasteiger partial charge in [0.15, 0.2) is 0 Å². The van der Waals surface area contributed by atoms with Gasteiger partial charge >= 0.3 is 0 Å². The second-order valence-corrected chi connectivity index (χ2v) is 9.03. The van der Waals surface area contributed by atoms with Gasteiger partial charge in [-0.15, -0.1) is 0 Å². The van der Waals surface area contributed by atoms with Crippen molar-refractivity contribution in [3.05, 3.63) is 112 Å².